The Kier molecular flexibility index (Phi) is 6.28. The number of amides is 2. The average Bonchev–Trinajstić information content (AvgIpc) is 3.04. The molecule has 1 atom stereocenters. The zero-order valence-corrected chi connectivity index (χ0v) is 17.3. The van der Waals surface area contributed by atoms with E-state index in [2.05, 4.69) is 30.3 Å². The maximum atomic E-state index is 13.0. The highest BCUT2D eigenvalue weighted by Crippen LogP contribution is 2.23. The number of quaternary nitrogens is 2. The molecule has 2 heterocycles. The van der Waals surface area contributed by atoms with Gasteiger partial charge in [-0.1, -0.05) is 41.9 Å². The minimum absolute atomic E-state index is 0.0696. The van der Waals surface area contributed by atoms with Crippen molar-refractivity contribution in [1.82, 2.24) is 0 Å². The predicted molar refractivity (Wildman–Crippen MR) is 113 cm³/mol. The summed E-state index contributed by atoms with van der Waals surface area (Å²) in [7, 11) is 0. The van der Waals surface area contributed by atoms with E-state index in [1.807, 2.05) is 0 Å². The van der Waals surface area contributed by atoms with Gasteiger partial charge in [-0.15, -0.1) is 0 Å². The van der Waals surface area contributed by atoms with Gasteiger partial charge in [-0.2, -0.15) is 0 Å². The average molecular weight is 414 g/mol. The summed E-state index contributed by atoms with van der Waals surface area (Å²) in [5, 5.41) is 0.599. The quantitative estimate of drug-likeness (QED) is 0.673. The molecule has 2 aliphatic rings. The molecule has 6 heteroatoms. The molecule has 2 aliphatic heterocycles. The van der Waals surface area contributed by atoms with Gasteiger partial charge in [0.25, 0.3) is 5.91 Å². The van der Waals surface area contributed by atoms with E-state index in [1.54, 1.807) is 29.2 Å². The van der Waals surface area contributed by atoms with E-state index in [0.717, 1.165) is 39.1 Å². The molecule has 0 unspecified atom stereocenters. The van der Waals surface area contributed by atoms with Crippen LogP contribution in [0.3, 0.4) is 0 Å². The van der Waals surface area contributed by atoms with Crippen LogP contribution in [0, 0.1) is 0 Å². The standard InChI is InChI=1S/C23H26ClN3O2/c24-19-8-10-20(11-9-19)27-22(28)17-21(23(27)29)26-15-13-25(14-16-26)12-4-7-18-5-2-1-3-6-18/h1-3,5-6,8-11,21H,4,7,12-17H2/p+2/t21-/m1/s1. The van der Waals surface area contributed by atoms with Crippen molar-refractivity contribution < 1.29 is 19.4 Å². The number of halogens is 1. The Hall–Kier alpha value is -2.21. The lowest BCUT2D eigenvalue weighted by Crippen LogP contribution is -3.30. The molecule has 2 aromatic rings. The molecule has 152 valence electrons. The minimum atomic E-state index is -0.246. The smallest absolute Gasteiger partial charge is 0.292 e. The maximum Gasteiger partial charge on any atom is 0.292 e. The molecule has 2 amide bonds. The van der Waals surface area contributed by atoms with Crippen LogP contribution in [0.4, 0.5) is 5.69 Å². The fourth-order valence-electron chi connectivity index (χ4n) is 4.52. The number of aryl methyl sites for hydroxylation is 1. The number of nitrogens with zero attached hydrogens (tertiary/aromatic N) is 1. The third kappa shape index (κ3) is 4.69. The zero-order chi connectivity index (χ0) is 20.2. The fraction of sp³-hybridized carbons (Fsp3) is 0.391. The number of hydrogen-bond donors (Lipinski definition) is 2. The summed E-state index contributed by atoms with van der Waals surface area (Å²) in [4.78, 5) is 29.7. The van der Waals surface area contributed by atoms with Crippen LogP contribution in [0.2, 0.25) is 5.02 Å². The maximum absolute atomic E-state index is 13.0. The lowest BCUT2D eigenvalue weighted by Gasteiger charge is -2.32. The summed E-state index contributed by atoms with van der Waals surface area (Å²) >= 11 is 5.93. The van der Waals surface area contributed by atoms with Gasteiger partial charge in [0.1, 0.15) is 26.2 Å². The van der Waals surface area contributed by atoms with Crippen molar-refractivity contribution >= 4 is 29.1 Å². The van der Waals surface area contributed by atoms with Crippen molar-refractivity contribution in [2.45, 2.75) is 25.3 Å². The Bertz CT molecular complexity index is 848. The van der Waals surface area contributed by atoms with E-state index in [-0.39, 0.29) is 17.9 Å². The number of carbonyl (C=O) groups excluding carboxylic acids is 2. The van der Waals surface area contributed by atoms with E-state index in [0.29, 0.717) is 17.1 Å². The van der Waals surface area contributed by atoms with Gasteiger partial charge >= 0.3 is 0 Å². The molecule has 0 bridgehead atoms. The molecule has 0 aromatic heterocycles. The summed E-state index contributed by atoms with van der Waals surface area (Å²) in [6.45, 7) is 5.17. The highest BCUT2D eigenvalue weighted by molar-refractivity contribution is 6.30. The predicted octanol–water partition coefficient (Wildman–Crippen LogP) is 0.388. The molecule has 0 aliphatic carbocycles. The molecule has 0 radical (unpaired) electrons. The van der Waals surface area contributed by atoms with Gasteiger partial charge in [-0.3, -0.25) is 9.59 Å². The largest absolute Gasteiger partial charge is 0.326 e. The van der Waals surface area contributed by atoms with E-state index in [9.17, 15) is 9.59 Å². The van der Waals surface area contributed by atoms with Crippen molar-refractivity contribution in [3.63, 3.8) is 0 Å². The third-order valence-corrected chi connectivity index (χ3v) is 6.41. The van der Waals surface area contributed by atoms with E-state index in [1.165, 1.54) is 21.8 Å². The highest BCUT2D eigenvalue weighted by atomic mass is 35.5. The van der Waals surface area contributed by atoms with Gasteiger partial charge in [-0.25, -0.2) is 4.90 Å². The number of nitrogens with one attached hydrogen (secondary N) is 2. The van der Waals surface area contributed by atoms with Gasteiger partial charge in [0.15, 0.2) is 6.04 Å². The minimum Gasteiger partial charge on any atom is -0.326 e. The van der Waals surface area contributed by atoms with E-state index >= 15 is 0 Å². The number of benzene rings is 2. The third-order valence-electron chi connectivity index (χ3n) is 6.16. The Morgan fingerprint density at radius 2 is 1.62 bits per heavy atom. The zero-order valence-electron chi connectivity index (χ0n) is 16.6. The Balaban J connectivity index is 1.28. The van der Waals surface area contributed by atoms with Crippen LogP contribution in [-0.4, -0.2) is 50.6 Å². The molecule has 29 heavy (non-hydrogen) atoms. The Morgan fingerprint density at radius 3 is 2.31 bits per heavy atom. The molecule has 4 rings (SSSR count). The number of imide groups is 1. The lowest BCUT2D eigenvalue weighted by molar-refractivity contribution is -1.02. The summed E-state index contributed by atoms with van der Waals surface area (Å²) in [5.74, 6) is -0.174. The van der Waals surface area contributed by atoms with Gasteiger partial charge < -0.3 is 9.80 Å². The molecule has 0 saturated carbocycles. The second-order valence-electron chi connectivity index (χ2n) is 8.05. The molecular weight excluding hydrogens is 386 g/mol. The van der Waals surface area contributed by atoms with Crippen LogP contribution in [0.25, 0.3) is 0 Å². The van der Waals surface area contributed by atoms with Crippen LogP contribution >= 0.6 is 11.6 Å². The first kappa shape index (κ1) is 20.1. The van der Waals surface area contributed by atoms with Crippen LogP contribution in [0.5, 0.6) is 0 Å². The van der Waals surface area contributed by atoms with Crippen molar-refractivity contribution in [3.05, 3.63) is 65.2 Å². The topological polar surface area (TPSA) is 46.3 Å². The number of hydrogen-bond acceptors (Lipinski definition) is 2. The molecule has 5 nitrogen and oxygen atoms in total. The highest BCUT2D eigenvalue weighted by Gasteiger charge is 2.46. The first-order valence-corrected chi connectivity index (χ1v) is 10.8. The second-order valence-corrected chi connectivity index (χ2v) is 8.48. The normalized spacial score (nSPS) is 24.9. The fourth-order valence-corrected chi connectivity index (χ4v) is 4.65. The number of anilines is 1. The van der Waals surface area contributed by atoms with Crippen LogP contribution in [-0.2, 0) is 16.0 Å². The molecule has 0 spiro atoms. The molecular formula is C23H28ClN3O2+2. The SMILES string of the molecule is O=C1C[C@@H]([NH+]2CC[NH+](CCCc3ccccc3)CC2)C(=O)N1c1ccc(Cl)cc1. The summed E-state index contributed by atoms with van der Waals surface area (Å²) in [5.41, 5.74) is 2.02. The van der Waals surface area contributed by atoms with Crippen molar-refractivity contribution in [2.75, 3.05) is 37.6 Å². The summed E-state index contributed by atoms with van der Waals surface area (Å²) in [6.07, 6.45) is 2.60. The van der Waals surface area contributed by atoms with Gasteiger partial charge in [0, 0.05) is 11.4 Å². The molecule has 2 aromatic carbocycles. The second kappa shape index (κ2) is 9.08. The summed E-state index contributed by atoms with van der Waals surface area (Å²) < 4.78 is 0. The van der Waals surface area contributed by atoms with Crippen LogP contribution in [0.1, 0.15) is 18.4 Å². The van der Waals surface area contributed by atoms with Crippen molar-refractivity contribution in [3.8, 4) is 0 Å². The van der Waals surface area contributed by atoms with Gasteiger partial charge in [-0.05, 0) is 36.2 Å². The van der Waals surface area contributed by atoms with Gasteiger partial charge in [0.2, 0.25) is 5.91 Å². The van der Waals surface area contributed by atoms with E-state index in [4.69, 9.17) is 11.6 Å². The lowest BCUT2D eigenvalue weighted by atomic mass is 10.1. The molecule has 2 N–H and O–H groups in total. The van der Waals surface area contributed by atoms with Crippen molar-refractivity contribution in [2.24, 2.45) is 0 Å². The van der Waals surface area contributed by atoms with Gasteiger partial charge in [0.05, 0.1) is 18.7 Å². The van der Waals surface area contributed by atoms with E-state index < -0.39 is 0 Å². The van der Waals surface area contributed by atoms with Crippen molar-refractivity contribution in [1.29, 1.82) is 0 Å². The number of rotatable bonds is 6. The molecule has 2 fully saturated rings. The Morgan fingerprint density at radius 1 is 0.931 bits per heavy atom. The number of carbonyl (C=O) groups is 2. The monoisotopic (exact) mass is 413 g/mol. The van der Waals surface area contributed by atoms with Crippen LogP contribution in [0.15, 0.2) is 54.6 Å². The summed E-state index contributed by atoms with van der Waals surface area (Å²) in [6, 6.07) is 17.3. The Labute approximate surface area is 176 Å². The number of piperazine rings is 1. The molecule has 2 saturated heterocycles. The van der Waals surface area contributed by atoms with Crippen LogP contribution < -0.4 is 14.7 Å². The first-order chi connectivity index (χ1) is 14.1. The first-order valence-electron chi connectivity index (χ1n) is 10.5.